The molecule has 2 aromatic rings. The summed E-state index contributed by atoms with van der Waals surface area (Å²) in [6, 6.07) is 7.23. The fourth-order valence-electron chi connectivity index (χ4n) is 1.57. The summed E-state index contributed by atoms with van der Waals surface area (Å²) in [5, 5.41) is 8.86. The van der Waals surface area contributed by atoms with Crippen LogP contribution in [0.5, 0.6) is 5.75 Å². The maximum Gasteiger partial charge on any atom is 0.307 e. The third-order valence-electron chi connectivity index (χ3n) is 2.48. The first-order chi connectivity index (χ1) is 9.10. The maximum absolute atomic E-state index is 10.6. The molecule has 0 unspecified atom stereocenters. The smallest absolute Gasteiger partial charge is 0.307 e. The van der Waals surface area contributed by atoms with E-state index in [4.69, 9.17) is 21.4 Å². The molecule has 2 rings (SSSR count). The molecule has 0 aliphatic heterocycles. The zero-order chi connectivity index (χ0) is 13.8. The molecular formula is C13H11ClN2O3. The number of carboxylic acids is 1. The monoisotopic (exact) mass is 278 g/mol. The number of ether oxygens (including phenoxy) is 1. The predicted molar refractivity (Wildman–Crippen MR) is 70.4 cm³/mol. The fourth-order valence-corrected chi connectivity index (χ4v) is 1.76. The number of benzene rings is 1. The summed E-state index contributed by atoms with van der Waals surface area (Å²) in [6.45, 7) is 0. The van der Waals surface area contributed by atoms with E-state index < -0.39 is 5.97 Å². The Bertz CT molecular complexity index is 617. The van der Waals surface area contributed by atoms with Gasteiger partial charge < -0.3 is 9.84 Å². The Morgan fingerprint density at radius 1 is 1.47 bits per heavy atom. The Kier molecular flexibility index (Phi) is 3.97. The minimum absolute atomic E-state index is 0.148. The molecule has 19 heavy (non-hydrogen) atoms. The van der Waals surface area contributed by atoms with Crippen LogP contribution in [0.4, 0.5) is 0 Å². The lowest BCUT2D eigenvalue weighted by atomic mass is 10.2. The summed E-state index contributed by atoms with van der Waals surface area (Å²) in [6.07, 6.45) is 1.23. The molecule has 0 radical (unpaired) electrons. The summed E-state index contributed by atoms with van der Waals surface area (Å²) in [5.74, 6) is 0.143. The molecule has 1 aromatic heterocycles. The summed E-state index contributed by atoms with van der Waals surface area (Å²) >= 11 is 5.95. The van der Waals surface area contributed by atoms with Crippen LogP contribution in [0.15, 0.2) is 30.5 Å². The standard InChI is InChI=1S/C13H11ClN2O3/c1-19-10-4-2-3-8(5-10)13-15-7-9(6-11(17)18)12(14)16-13/h2-5,7H,6H2,1H3,(H,17,18). The number of carbonyl (C=O) groups is 1. The predicted octanol–water partition coefficient (Wildman–Crippen LogP) is 2.43. The number of aliphatic carboxylic acids is 1. The van der Waals surface area contributed by atoms with Crippen molar-refractivity contribution in [3.8, 4) is 17.1 Å². The van der Waals surface area contributed by atoms with Gasteiger partial charge in [-0.2, -0.15) is 0 Å². The van der Waals surface area contributed by atoms with Crippen molar-refractivity contribution in [2.75, 3.05) is 7.11 Å². The second kappa shape index (κ2) is 5.67. The minimum atomic E-state index is -0.973. The van der Waals surface area contributed by atoms with Crippen LogP contribution in [0.3, 0.4) is 0 Å². The van der Waals surface area contributed by atoms with Gasteiger partial charge in [-0.15, -0.1) is 0 Å². The van der Waals surface area contributed by atoms with E-state index in [1.54, 1.807) is 13.2 Å². The number of aromatic nitrogens is 2. The number of nitrogens with zero attached hydrogens (tertiary/aromatic N) is 2. The Hall–Kier alpha value is -2.14. The lowest BCUT2D eigenvalue weighted by molar-refractivity contribution is -0.136. The molecule has 6 heteroatoms. The normalized spacial score (nSPS) is 10.2. The molecule has 0 bridgehead atoms. The third kappa shape index (κ3) is 3.20. The molecule has 0 fully saturated rings. The number of rotatable bonds is 4. The van der Waals surface area contributed by atoms with E-state index in [0.29, 0.717) is 17.1 Å². The van der Waals surface area contributed by atoms with Crippen LogP contribution < -0.4 is 4.74 Å². The van der Waals surface area contributed by atoms with Gasteiger partial charge >= 0.3 is 5.97 Å². The molecule has 0 amide bonds. The fraction of sp³-hybridized carbons (Fsp3) is 0.154. The highest BCUT2D eigenvalue weighted by atomic mass is 35.5. The third-order valence-corrected chi connectivity index (χ3v) is 2.81. The van der Waals surface area contributed by atoms with E-state index in [-0.39, 0.29) is 11.6 Å². The van der Waals surface area contributed by atoms with E-state index in [1.807, 2.05) is 18.2 Å². The SMILES string of the molecule is COc1cccc(-c2ncc(CC(=O)O)c(Cl)n2)c1. The topological polar surface area (TPSA) is 72.3 Å². The van der Waals surface area contributed by atoms with Crippen LogP contribution in [0.25, 0.3) is 11.4 Å². The quantitative estimate of drug-likeness (QED) is 0.870. The van der Waals surface area contributed by atoms with E-state index in [9.17, 15) is 4.79 Å². The van der Waals surface area contributed by atoms with Gasteiger partial charge in [0.15, 0.2) is 5.82 Å². The number of carboxylic acid groups (broad SMARTS) is 1. The molecule has 98 valence electrons. The molecule has 0 spiro atoms. The number of halogens is 1. The Morgan fingerprint density at radius 2 is 2.26 bits per heavy atom. The van der Waals surface area contributed by atoms with Gasteiger partial charge in [0.05, 0.1) is 13.5 Å². The van der Waals surface area contributed by atoms with Crippen LogP contribution >= 0.6 is 11.6 Å². The molecule has 1 N–H and O–H groups in total. The highest BCUT2D eigenvalue weighted by Gasteiger charge is 2.10. The second-order valence-corrected chi connectivity index (χ2v) is 4.17. The molecule has 0 saturated heterocycles. The highest BCUT2D eigenvalue weighted by Crippen LogP contribution is 2.23. The molecule has 5 nitrogen and oxygen atoms in total. The first-order valence-electron chi connectivity index (χ1n) is 5.48. The van der Waals surface area contributed by atoms with E-state index in [0.717, 1.165) is 5.56 Å². The van der Waals surface area contributed by atoms with Crippen molar-refractivity contribution in [3.63, 3.8) is 0 Å². The van der Waals surface area contributed by atoms with Gasteiger partial charge in [0, 0.05) is 17.3 Å². The van der Waals surface area contributed by atoms with Crippen LogP contribution in [-0.4, -0.2) is 28.2 Å². The van der Waals surface area contributed by atoms with Gasteiger partial charge in [0.25, 0.3) is 0 Å². The molecule has 0 aliphatic rings. The minimum Gasteiger partial charge on any atom is -0.497 e. The van der Waals surface area contributed by atoms with Crippen molar-refractivity contribution < 1.29 is 14.6 Å². The zero-order valence-corrected chi connectivity index (χ0v) is 10.9. The molecule has 0 atom stereocenters. The van der Waals surface area contributed by atoms with E-state index in [1.165, 1.54) is 6.20 Å². The average molecular weight is 279 g/mol. The van der Waals surface area contributed by atoms with Crippen molar-refractivity contribution in [1.29, 1.82) is 0 Å². The first kappa shape index (κ1) is 13.3. The van der Waals surface area contributed by atoms with Crippen molar-refractivity contribution >= 4 is 17.6 Å². The second-order valence-electron chi connectivity index (χ2n) is 3.81. The van der Waals surface area contributed by atoms with Crippen LogP contribution in [-0.2, 0) is 11.2 Å². The maximum atomic E-state index is 10.6. The van der Waals surface area contributed by atoms with Crippen LogP contribution in [0, 0.1) is 0 Å². The molecule has 1 heterocycles. The molecular weight excluding hydrogens is 268 g/mol. The van der Waals surface area contributed by atoms with Gasteiger partial charge in [0.2, 0.25) is 0 Å². The first-order valence-corrected chi connectivity index (χ1v) is 5.85. The Labute approximate surface area is 114 Å². The average Bonchev–Trinajstić information content (AvgIpc) is 2.40. The highest BCUT2D eigenvalue weighted by molar-refractivity contribution is 6.30. The number of hydrogen-bond donors (Lipinski definition) is 1. The van der Waals surface area contributed by atoms with Gasteiger partial charge in [-0.05, 0) is 12.1 Å². The Balaban J connectivity index is 2.35. The largest absolute Gasteiger partial charge is 0.497 e. The lowest BCUT2D eigenvalue weighted by Gasteiger charge is -2.05. The summed E-state index contributed by atoms with van der Waals surface area (Å²) in [5.41, 5.74) is 1.14. The summed E-state index contributed by atoms with van der Waals surface area (Å²) in [7, 11) is 1.57. The lowest BCUT2D eigenvalue weighted by Crippen LogP contribution is -2.03. The zero-order valence-electron chi connectivity index (χ0n) is 10.1. The van der Waals surface area contributed by atoms with Gasteiger partial charge in [-0.3, -0.25) is 4.79 Å². The van der Waals surface area contributed by atoms with Crippen molar-refractivity contribution in [1.82, 2.24) is 9.97 Å². The molecule has 0 saturated carbocycles. The van der Waals surface area contributed by atoms with E-state index >= 15 is 0 Å². The summed E-state index contributed by atoms with van der Waals surface area (Å²) in [4.78, 5) is 18.9. The van der Waals surface area contributed by atoms with Gasteiger partial charge in [-0.1, -0.05) is 23.7 Å². The Morgan fingerprint density at radius 3 is 2.89 bits per heavy atom. The molecule has 1 aromatic carbocycles. The summed E-state index contributed by atoms with van der Waals surface area (Å²) < 4.78 is 5.12. The van der Waals surface area contributed by atoms with E-state index in [2.05, 4.69) is 9.97 Å². The van der Waals surface area contributed by atoms with Gasteiger partial charge in [-0.25, -0.2) is 9.97 Å². The number of methoxy groups -OCH3 is 1. The van der Waals surface area contributed by atoms with Gasteiger partial charge in [0.1, 0.15) is 10.9 Å². The molecule has 0 aliphatic carbocycles. The van der Waals surface area contributed by atoms with Crippen LogP contribution in [0.1, 0.15) is 5.56 Å². The van der Waals surface area contributed by atoms with Crippen molar-refractivity contribution in [3.05, 3.63) is 41.2 Å². The number of hydrogen-bond acceptors (Lipinski definition) is 4. The van der Waals surface area contributed by atoms with Crippen molar-refractivity contribution in [2.24, 2.45) is 0 Å². The van der Waals surface area contributed by atoms with Crippen molar-refractivity contribution in [2.45, 2.75) is 6.42 Å². The van der Waals surface area contributed by atoms with Crippen LogP contribution in [0.2, 0.25) is 5.15 Å².